The summed E-state index contributed by atoms with van der Waals surface area (Å²) in [5, 5.41) is 1.06. The van der Waals surface area contributed by atoms with Crippen LogP contribution >= 0.6 is 11.3 Å². The number of ether oxygens (including phenoxy) is 3. The topological polar surface area (TPSA) is 84.1 Å². The van der Waals surface area contributed by atoms with Crippen LogP contribution in [0.2, 0.25) is 0 Å². The average Bonchev–Trinajstić information content (AvgIpc) is 3.55. The molecule has 9 heteroatoms. The van der Waals surface area contributed by atoms with Crippen molar-refractivity contribution in [3.63, 3.8) is 0 Å². The summed E-state index contributed by atoms with van der Waals surface area (Å²) in [7, 11) is 1.98. The van der Waals surface area contributed by atoms with Gasteiger partial charge in [-0.15, -0.1) is 0 Å². The molecular formula is C27H23N3O5S. The third-order valence-corrected chi connectivity index (χ3v) is 7.43. The minimum absolute atomic E-state index is 0.131. The zero-order valence-electron chi connectivity index (χ0n) is 20.0. The maximum Gasteiger partial charge on any atom is 0.338 e. The number of carbonyl (C=O) groups excluding carboxylic acids is 1. The molecule has 182 valence electrons. The van der Waals surface area contributed by atoms with Crippen molar-refractivity contribution in [1.29, 1.82) is 0 Å². The SMILES string of the molecule is CCOC(=O)C1=C(C)N=c2s/c(=C\c3cn(C)c4ccccc34)c(=O)n2C1c1ccc2c(c1)OCO2. The van der Waals surface area contributed by atoms with Crippen molar-refractivity contribution in [2.75, 3.05) is 13.4 Å². The number of para-hydroxylation sites is 1. The molecule has 0 bridgehead atoms. The Balaban J connectivity index is 1.58. The molecule has 6 rings (SSSR count). The van der Waals surface area contributed by atoms with E-state index in [4.69, 9.17) is 14.2 Å². The van der Waals surface area contributed by atoms with Gasteiger partial charge in [-0.05, 0) is 43.7 Å². The van der Waals surface area contributed by atoms with Crippen LogP contribution in [0.15, 0.2) is 69.7 Å². The molecule has 0 saturated heterocycles. The molecule has 4 aromatic rings. The van der Waals surface area contributed by atoms with Gasteiger partial charge in [0, 0.05) is 29.7 Å². The van der Waals surface area contributed by atoms with E-state index in [2.05, 4.69) is 4.99 Å². The number of fused-ring (bicyclic) bond motifs is 3. The first kappa shape index (κ1) is 22.4. The maximum atomic E-state index is 13.9. The number of nitrogens with zero attached hydrogens (tertiary/aromatic N) is 3. The number of hydrogen-bond donors (Lipinski definition) is 0. The summed E-state index contributed by atoms with van der Waals surface area (Å²) in [4.78, 5) is 32.1. The minimum atomic E-state index is -0.704. The molecule has 0 saturated carbocycles. The molecule has 4 heterocycles. The Bertz CT molecular complexity index is 1760. The molecule has 0 amide bonds. The number of hydrogen-bond acceptors (Lipinski definition) is 7. The first-order valence-electron chi connectivity index (χ1n) is 11.6. The Kier molecular flexibility index (Phi) is 5.30. The van der Waals surface area contributed by atoms with Gasteiger partial charge in [0.25, 0.3) is 5.56 Å². The molecule has 8 nitrogen and oxygen atoms in total. The van der Waals surface area contributed by atoms with Crippen LogP contribution in [0.1, 0.15) is 31.0 Å². The third kappa shape index (κ3) is 3.46. The van der Waals surface area contributed by atoms with E-state index in [0.717, 1.165) is 22.0 Å². The van der Waals surface area contributed by atoms with Crippen molar-refractivity contribution < 1.29 is 19.0 Å². The van der Waals surface area contributed by atoms with Crippen molar-refractivity contribution in [2.24, 2.45) is 12.0 Å². The number of esters is 1. The Hall–Kier alpha value is -4.11. The Labute approximate surface area is 210 Å². The lowest BCUT2D eigenvalue weighted by atomic mass is 9.95. The van der Waals surface area contributed by atoms with Gasteiger partial charge in [0.2, 0.25) is 6.79 Å². The smallest absolute Gasteiger partial charge is 0.338 e. The molecule has 0 fully saturated rings. The molecule has 2 aliphatic rings. The maximum absolute atomic E-state index is 13.9. The van der Waals surface area contributed by atoms with Crippen molar-refractivity contribution in [3.05, 3.63) is 90.7 Å². The van der Waals surface area contributed by atoms with Crippen molar-refractivity contribution in [2.45, 2.75) is 19.9 Å². The lowest BCUT2D eigenvalue weighted by Crippen LogP contribution is -2.39. The lowest BCUT2D eigenvalue weighted by Gasteiger charge is -2.24. The second-order valence-electron chi connectivity index (χ2n) is 8.63. The largest absolute Gasteiger partial charge is 0.463 e. The highest BCUT2D eigenvalue weighted by Gasteiger charge is 2.34. The van der Waals surface area contributed by atoms with E-state index in [1.54, 1.807) is 24.5 Å². The normalized spacial score (nSPS) is 16.9. The Morgan fingerprint density at radius 1 is 1.22 bits per heavy atom. The summed E-state index contributed by atoms with van der Waals surface area (Å²) in [6, 6.07) is 12.8. The predicted octanol–water partition coefficient (Wildman–Crippen LogP) is 3.02. The fourth-order valence-electron chi connectivity index (χ4n) is 4.82. The van der Waals surface area contributed by atoms with Crippen molar-refractivity contribution >= 4 is 34.3 Å². The summed E-state index contributed by atoms with van der Waals surface area (Å²) in [6.07, 6.45) is 3.90. The van der Waals surface area contributed by atoms with E-state index in [9.17, 15) is 9.59 Å². The first-order chi connectivity index (χ1) is 17.5. The average molecular weight is 502 g/mol. The van der Waals surface area contributed by atoms with E-state index in [1.165, 1.54) is 11.3 Å². The van der Waals surface area contributed by atoms with E-state index in [0.29, 0.717) is 32.1 Å². The molecule has 2 aliphatic heterocycles. The molecule has 0 radical (unpaired) electrons. The summed E-state index contributed by atoms with van der Waals surface area (Å²) in [6.45, 7) is 3.87. The van der Waals surface area contributed by atoms with Gasteiger partial charge in [0.1, 0.15) is 0 Å². The number of rotatable bonds is 4. The zero-order chi connectivity index (χ0) is 25.0. The predicted molar refractivity (Wildman–Crippen MR) is 136 cm³/mol. The number of allylic oxidation sites excluding steroid dienone is 1. The molecule has 36 heavy (non-hydrogen) atoms. The molecule has 2 aromatic carbocycles. The van der Waals surface area contributed by atoms with Crippen LogP contribution in [-0.4, -0.2) is 28.5 Å². The third-order valence-electron chi connectivity index (χ3n) is 6.44. The van der Waals surface area contributed by atoms with E-state index >= 15 is 0 Å². The van der Waals surface area contributed by atoms with Gasteiger partial charge >= 0.3 is 5.97 Å². The van der Waals surface area contributed by atoms with E-state index in [1.807, 2.05) is 60.3 Å². The molecule has 0 N–H and O–H groups in total. The number of aryl methyl sites for hydroxylation is 1. The van der Waals surface area contributed by atoms with Crippen LogP contribution in [0.5, 0.6) is 11.5 Å². The summed E-state index contributed by atoms with van der Waals surface area (Å²) in [5.74, 6) is 0.702. The van der Waals surface area contributed by atoms with Crippen LogP contribution < -0.4 is 24.4 Å². The van der Waals surface area contributed by atoms with Crippen LogP contribution in [0, 0.1) is 0 Å². The van der Waals surface area contributed by atoms with Gasteiger partial charge in [-0.25, -0.2) is 9.79 Å². The van der Waals surface area contributed by atoms with Crippen LogP contribution in [0.25, 0.3) is 17.0 Å². The van der Waals surface area contributed by atoms with Gasteiger partial charge in [0.15, 0.2) is 16.3 Å². The van der Waals surface area contributed by atoms with Crippen molar-refractivity contribution in [3.8, 4) is 11.5 Å². The number of carbonyl (C=O) groups is 1. The standard InChI is InChI=1S/C27H23N3O5S/c1-4-33-26(32)23-15(2)28-27-30(24(23)16-9-10-20-21(11-16)35-14-34-20)25(31)22(36-27)12-17-13-29(3)19-8-6-5-7-18(17)19/h5-13,24H,4,14H2,1-3H3/b22-12-. The second kappa shape index (κ2) is 8.53. The molecule has 2 aromatic heterocycles. The molecule has 0 aliphatic carbocycles. The number of aromatic nitrogens is 2. The molecular weight excluding hydrogens is 478 g/mol. The Morgan fingerprint density at radius 3 is 2.86 bits per heavy atom. The van der Waals surface area contributed by atoms with Gasteiger partial charge in [0.05, 0.1) is 28.5 Å². The summed E-state index contributed by atoms with van der Waals surface area (Å²) < 4.78 is 20.6. The fraction of sp³-hybridized carbons (Fsp3) is 0.222. The van der Waals surface area contributed by atoms with E-state index < -0.39 is 12.0 Å². The van der Waals surface area contributed by atoms with Gasteiger partial charge in [-0.2, -0.15) is 0 Å². The molecule has 1 unspecified atom stereocenters. The van der Waals surface area contributed by atoms with Gasteiger partial charge < -0.3 is 18.8 Å². The highest BCUT2D eigenvalue weighted by atomic mass is 32.1. The highest BCUT2D eigenvalue weighted by Crippen LogP contribution is 2.38. The fourth-order valence-corrected chi connectivity index (χ4v) is 5.86. The first-order valence-corrected chi connectivity index (χ1v) is 12.4. The lowest BCUT2D eigenvalue weighted by molar-refractivity contribution is -0.139. The highest BCUT2D eigenvalue weighted by molar-refractivity contribution is 7.07. The monoisotopic (exact) mass is 501 g/mol. The molecule has 1 atom stereocenters. The second-order valence-corrected chi connectivity index (χ2v) is 9.64. The number of thiazole rings is 1. The summed E-state index contributed by atoms with van der Waals surface area (Å²) in [5.41, 5.74) is 3.38. The quantitative estimate of drug-likeness (QED) is 0.402. The zero-order valence-corrected chi connectivity index (χ0v) is 20.8. The summed E-state index contributed by atoms with van der Waals surface area (Å²) >= 11 is 1.31. The number of benzene rings is 2. The minimum Gasteiger partial charge on any atom is -0.463 e. The Morgan fingerprint density at radius 2 is 2.03 bits per heavy atom. The van der Waals surface area contributed by atoms with Gasteiger partial charge in [-0.1, -0.05) is 35.6 Å². The van der Waals surface area contributed by atoms with Gasteiger partial charge in [-0.3, -0.25) is 9.36 Å². The van der Waals surface area contributed by atoms with Crippen molar-refractivity contribution in [1.82, 2.24) is 9.13 Å². The van der Waals surface area contributed by atoms with Crippen LogP contribution in [-0.2, 0) is 16.6 Å². The van der Waals surface area contributed by atoms with Crippen LogP contribution in [0.3, 0.4) is 0 Å². The molecule has 0 spiro atoms. The van der Waals surface area contributed by atoms with E-state index in [-0.39, 0.29) is 19.0 Å². The van der Waals surface area contributed by atoms with Crippen LogP contribution in [0.4, 0.5) is 0 Å².